The number of carbonyl (C=O) groups is 4. The SMILES string of the molecule is C[C@H]1OC(=O)C(C2CC2)NC(=O)[C@H](C)[C@H](O)[C@H](CC2=C(F)N=C(F)C(F)C2(C)F)NC(=O)[C@H]1NC(=O)c1ccccc1O. The Morgan fingerprint density at radius 2 is 1.79 bits per heavy atom. The van der Waals surface area contributed by atoms with Gasteiger partial charge in [-0.25, -0.2) is 13.6 Å². The number of benzene rings is 1. The van der Waals surface area contributed by atoms with Gasteiger partial charge in [0, 0.05) is 5.57 Å². The van der Waals surface area contributed by atoms with E-state index in [4.69, 9.17) is 4.74 Å². The highest BCUT2D eigenvalue weighted by molar-refractivity contribution is 6.00. The topological polar surface area (TPSA) is 166 Å². The molecule has 0 spiro atoms. The van der Waals surface area contributed by atoms with E-state index in [0.717, 1.165) is 0 Å². The van der Waals surface area contributed by atoms with Crippen molar-refractivity contribution in [3.8, 4) is 5.75 Å². The van der Waals surface area contributed by atoms with Gasteiger partial charge >= 0.3 is 5.97 Å². The van der Waals surface area contributed by atoms with E-state index in [9.17, 15) is 42.6 Å². The fourth-order valence-corrected chi connectivity index (χ4v) is 5.02. The van der Waals surface area contributed by atoms with E-state index >= 15 is 4.39 Å². The maximum absolute atomic E-state index is 15.3. The highest BCUT2D eigenvalue weighted by atomic mass is 19.2. The van der Waals surface area contributed by atoms with Crippen molar-refractivity contribution in [1.29, 1.82) is 0 Å². The molecule has 3 amide bonds. The van der Waals surface area contributed by atoms with Crippen LogP contribution in [0.15, 0.2) is 40.8 Å². The lowest BCUT2D eigenvalue weighted by Crippen LogP contribution is -2.60. The van der Waals surface area contributed by atoms with Gasteiger partial charge < -0.3 is 30.9 Å². The van der Waals surface area contributed by atoms with Crippen LogP contribution in [0.4, 0.5) is 17.6 Å². The summed E-state index contributed by atoms with van der Waals surface area (Å²) in [6.45, 7) is 3.07. The van der Waals surface area contributed by atoms with Gasteiger partial charge in [0.2, 0.25) is 29.9 Å². The molecule has 2 fully saturated rings. The number of aromatic hydroxyl groups is 1. The van der Waals surface area contributed by atoms with Crippen molar-refractivity contribution in [3.05, 3.63) is 41.4 Å². The Hall–Kier alpha value is -4.01. The number of aliphatic hydroxyl groups is 1. The zero-order valence-corrected chi connectivity index (χ0v) is 23.4. The predicted octanol–water partition coefficient (Wildman–Crippen LogP) is 1.83. The first kappa shape index (κ1) is 31.9. The normalized spacial score (nSPS) is 34.2. The second kappa shape index (κ2) is 12.3. The number of para-hydroxylation sites is 1. The van der Waals surface area contributed by atoms with Crippen LogP contribution in [0.25, 0.3) is 0 Å². The number of nitrogens with zero attached hydrogens (tertiary/aromatic N) is 1. The van der Waals surface area contributed by atoms with Crippen molar-refractivity contribution < 1.29 is 51.7 Å². The van der Waals surface area contributed by atoms with E-state index in [1.54, 1.807) is 0 Å². The van der Waals surface area contributed by atoms with E-state index in [1.807, 2.05) is 0 Å². The molecular weight excluding hydrogens is 580 g/mol. The number of aliphatic hydroxyl groups excluding tert-OH is 1. The maximum atomic E-state index is 15.3. The average molecular weight is 613 g/mol. The molecule has 1 saturated heterocycles. The van der Waals surface area contributed by atoms with Gasteiger partial charge in [-0.05, 0) is 51.2 Å². The van der Waals surface area contributed by atoms with Crippen LogP contribution in [0.5, 0.6) is 5.75 Å². The van der Waals surface area contributed by atoms with Crippen LogP contribution in [0.3, 0.4) is 0 Å². The first-order valence-electron chi connectivity index (χ1n) is 13.7. The van der Waals surface area contributed by atoms with E-state index in [-0.39, 0.29) is 11.5 Å². The standard InChI is InChI=1S/C28H32F4N4O7/c1-11-20(38)16(10-15-22(30)36-23(31)21(29)28(15,3)32)33-26(41)18(34-25(40)14-6-4-5-7-17(14)37)12(2)43-27(42)19(13-8-9-13)35-24(11)39/h4-7,11-13,16,18-21,37-38H,8-10H2,1-3H3,(H,33,41)(H,34,40)(H,35,39)/t11-,12-,16+,18+,19?,20+,21?,28?/m1/s1. The van der Waals surface area contributed by atoms with Crippen LogP contribution in [-0.4, -0.2) is 82.0 Å². The molecule has 4 rings (SSSR count). The van der Waals surface area contributed by atoms with Crippen LogP contribution >= 0.6 is 0 Å². The van der Waals surface area contributed by atoms with E-state index in [0.29, 0.717) is 19.8 Å². The molecule has 43 heavy (non-hydrogen) atoms. The van der Waals surface area contributed by atoms with Crippen LogP contribution in [-0.2, 0) is 19.1 Å². The number of hydrogen-bond acceptors (Lipinski definition) is 8. The molecule has 234 valence electrons. The number of amides is 3. The molecule has 1 aliphatic carbocycles. The molecule has 0 aromatic heterocycles. The fourth-order valence-electron chi connectivity index (χ4n) is 5.02. The van der Waals surface area contributed by atoms with Crippen molar-refractivity contribution in [2.45, 2.75) is 82.2 Å². The lowest BCUT2D eigenvalue weighted by Gasteiger charge is -2.36. The van der Waals surface area contributed by atoms with E-state index < -0.39 is 101 Å². The molecule has 0 bridgehead atoms. The van der Waals surface area contributed by atoms with Crippen molar-refractivity contribution in [3.63, 3.8) is 0 Å². The van der Waals surface area contributed by atoms with Crippen molar-refractivity contribution >= 4 is 29.7 Å². The molecule has 11 nitrogen and oxygen atoms in total. The van der Waals surface area contributed by atoms with Gasteiger partial charge in [-0.15, -0.1) is 0 Å². The Kier molecular flexibility index (Phi) is 9.13. The molecular formula is C28H32F4N4O7. The average Bonchev–Trinajstić information content (AvgIpc) is 3.79. The predicted molar refractivity (Wildman–Crippen MR) is 142 cm³/mol. The summed E-state index contributed by atoms with van der Waals surface area (Å²) in [6, 6.07) is 0.821. The van der Waals surface area contributed by atoms with Crippen LogP contribution < -0.4 is 16.0 Å². The highest BCUT2D eigenvalue weighted by Crippen LogP contribution is 2.40. The molecule has 15 heteroatoms. The van der Waals surface area contributed by atoms with Crippen molar-refractivity contribution in [2.24, 2.45) is 16.8 Å². The number of phenols is 1. The summed E-state index contributed by atoms with van der Waals surface area (Å²) in [7, 11) is 0. The molecule has 1 saturated carbocycles. The van der Waals surface area contributed by atoms with Gasteiger partial charge in [0.25, 0.3) is 5.91 Å². The Morgan fingerprint density at radius 1 is 1.14 bits per heavy atom. The first-order chi connectivity index (χ1) is 20.1. The number of cyclic esters (lactones) is 1. The van der Waals surface area contributed by atoms with Gasteiger partial charge in [0.05, 0.1) is 23.6 Å². The van der Waals surface area contributed by atoms with Gasteiger partial charge in [-0.3, -0.25) is 14.4 Å². The maximum Gasteiger partial charge on any atom is 0.329 e. The van der Waals surface area contributed by atoms with Gasteiger partial charge in [0.1, 0.15) is 23.9 Å². The number of esters is 1. The molecule has 1 aromatic rings. The molecule has 3 aliphatic rings. The number of carbonyl (C=O) groups excluding carboxylic acids is 4. The molecule has 2 aliphatic heterocycles. The van der Waals surface area contributed by atoms with Crippen molar-refractivity contribution in [2.75, 3.05) is 0 Å². The Morgan fingerprint density at radius 3 is 2.42 bits per heavy atom. The van der Waals surface area contributed by atoms with E-state index in [1.165, 1.54) is 38.1 Å². The minimum Gasteiger partial charge on any atom is -0.507 e. The molecule has 3 unspecified atom stereocenters. The third kappa shape index (κ3) is 6.65. The minimum absolute atomic E-state index is 0.232. The number of rotatable bonds is 5. The monoisotopic (exact) mass is 612 g/mol. The second-order valence-electron chi connectivity index (χ2n) is 11.2. The summed E-state index contributed by atoms with van der Waals surface area (Å²) in [5.74, 6) is -9.56. The summed E-state index contributed by atoms with van der Waals surface area (Å²) in [4.78, 5) is 55.5. The summed E-state index contributed by atoms with van der Waals surface area (Å²) < 4.78 is 63.7. The minimum atomic E-state index is -3.27. The second-order valence-corrected chi connectivity index (χ2v) is 11.2. The lowest BCUT2D eigenvalue weighted by atomic mass is 9.83. The number of halogens is 4. The summed E-state index contributed by atoms with van der Waals surface area (Å²) in [6.07, 6.45) is -6.07. The molecule has 2 heterocycles. The zero-order chi connectivity index (χ0) is 31.8. The molecule has 8 atom stereocenters. The highest BCUT2D eigenvalue weighted by Gasteiger charge is 2.50. The van der Waals surface area contributed by atoms with Gasteiger partial charge in [-0.1, -0.05) is 19.1 Å². The zero-order valence-electron chi connectivity index (χ0n) is 23.4. The van der Waals surface area contributed by atoms with Gasteiger partial charge in [-0.2, -0.15) is 13.8 Å². The van der Waals surface area contributed by atoms with Crippen LogP contribution in [0.2, 0.25) is 0 Å². The first-order valence-corrected chi connectivity index (χ1v) is 13.7. The van der Waals surface area contributed by atoms with Crippen LogP contribution in [0, 0.1) is 11.8 Å². The molecule has 0 radical (unpaired) electrons. The van der Waals surface area contributed by atoms with Crippen LogP contribution in [0.1, 0.15) is 50.4 Å². The van der Waals surface area contributed by atoms with E-state index in [2.05, 4.69) is 20.9 Å². The third-order valence-corrected chi connectivity index (χ3v) is 7.95. The fraction of sp³-hybridized carbons (Fsp3) is 0.536. The largest absolute Gasteiger partial charge is 0.507 e. The molecule has 5 N–H and O–H groups in total. The van der Waals surface area contributed by atoms with Crippen molar-refractivity contribution in [1.82, 2.24) is 16.0 Å². The Labute approximate surface area is 243 Å². The summed E-state index contributed by atoms with van der Waals surface area (Å²) in [5.41, 5.74) is -4.52. The molecule has 1 aromatic carbocycles. The number of hydrogen-bond donors (Lipinski definition) is 5. The number of alkyl halides is 2. The number of nitrogens with one attached hydrogen (secondary N) is 3. The Balaban J connectivity index is 1.73. The Bertz CT molecular complexity index is 1370. The summed E-state index contributed by atoms with van der Waals surface area (Å²) >= 11 is 0. The number of phenolic OH excluding ortho intramolecular Hbond substituents is 1. The smallest absolute Gasteiger partial charge is 0.329 e. The lowest BCUT2D eigenvalue weighted by molar-refractivity contribution is -0.156. The quantitative estimate of drug-likeness (QED) is 0.192. The van der Waals surface area contributed by atoms with Gasteiger partial charge in [0.15, 0.2) is 5.67 Å². The number of aliphatic imine (C=N–C) groups is 1. The third-order valence-electron chi connectivity index (χ3n) is 7.95. The number of ether oxygens (including phenoxy) is 1. The summed E-state index contributed by atoms with van der Waals surface area (Å²) in [5, 5.41) is 28.5.